The Labute approximate surface area is 110 Å². The van der Waals surface area contributed by atoms with Crippen LogP contribution in [0.3, 0.4) is 0 Å². The van der Waals surface area contributed by atoms with Crippen molar-refractivity contribution in [3.8, 4) is 0 Å². The van der Waals surface area contributed by atoms with Crippen LogP contribution >= 0.6 is 0 Å². The van der Waals surface area contributed by atoms with Gasteiger partial charge in [0.2, 0.25) is 5.91 Å². The highest BCUT2D eigenvalue weighted by molar-refractivity contribution is 5.86. The summed E-state index contributed by atoms with van der Waals surface area (Å²) in [6.07, 6.45) is 2.09. The fourth-order valence-corrected chi connectivity index (χ4v) is 2.12. The fourth-order valence-electron chi connectivity index (χ4n) is 2.12. The lowest BCUT2D eigenvalue weighted by Crippen LogP contribution is -2.42. The number of benzene rings is 1. The minimum absolute atomic E-state index is 0.257. The molecule has 5 nitrogen and oxygen atoms in total. The second-order valence-electron chi connectivity index (χ2n) is 4.55. The molecule has 0 radical (unpaired) electrons. The van der Waals surface area contributed by atoms with E-state index in [2.05, 4.69) is 4.98 Å². The molecule has 1 aromatic carbocycles. The lowest BCUT2D eigenvalue weighted by Gasteiger charge is -2.23. The third kappa shape index (κ3) is 2.59. The van der Waals surface area contributed by atoms with Gasteiger partial charge in [0.25, 0.3) is 0 Å². The van der Waals surface area contributed by atoms with Crippen molar-refractivity contribution >= 4 is 22.8 Å². The summed E-state index contributed by atoms with van der Waals surface area (Å²) in [5.41, 5.74) is 1.86. The fraction of sp³-hybridized carbons (Fsp3) is 0.286. The number of carboxylic acids is 1. The molecule has 0 saturated carbocycles. The van der Waals surface area contributed by atoms with Crippen LogP contribution in [0.15, 0.2) is 30.5 Å². The van der Waals surface area contributed by atoms with Crippen LogP contribution in [0.2, 0.25) is 0 Å². The van der Waals surface area contributed by atoms with Crippen LogP contribution in [0.25, 0.3) is 10.9 Å². The first kappa shape index (κ1) is 13.1. The minimum atomic E-state index is -0.997. The summed E-state index contributed by atoms with van der Waals surface area (Å²) in [5.74, 6) is -1.25. The van der Waals surface area contributed by atoms with E-state index in [9.17, 15) is 14.7 Å². The highest BCUT2D eigenvalue weighted by Crippen LogP contribution is 2.20. The van der Waals surface area contributed by atoms with E-state index < -0.39 is 12.0 Å². The number of carbonyl (C=O) groups is 2. The number of likely N-dealkylation sites (N-methyl/N-ethyl adjacent to an activating group) is 1. The number of aromatic amines is 1. The normalized spacial score (nSPS) is 12.3. The maximum atomic E-state index is 11.3. The first-order valence-corrected chi connectivity index (χ1v) is 6.02. The van der Waals surface area contributed by atoms with Crippen LogP contribution < -0.4 is 0 Å². The van der Waals surface area contributed by atoms with Crippen LogP contribution in [0.4, 0.5) is 0 Å². The van der Waals surface area contributed by atoms with Gasteiger partial charge in [-0.2, -0.15) is 0 Å². The van der Waals surface area contributed by atoms with Crippen LogP contribution in [0.1, 0.15) is 12.5 Å². The van der Waals surface area contributed by atoms with Gasteiger partial charge in [0.15, 0.2) is 0 Å². The molecule has 1 atom stereocenters. The van der Waals surface area contributed by atoms with E-state index in [4.69, 9.17) is 0 Å². The zero-order chi connectivity index (χ0) is 14.0. The Balaban J connectivity index is 2.31. The van der Waals surface area contributed by atoms with E-state index in [1.54, 1.807) is 6.20 Å². The van der Waals surface area contributed by atoms with E-state index in [0.29, 0.717) is 0 Å². The molecule has 2 aromatic rings. The number of amides is 1. The quantitative estimate of drug-likeness (QED) is 0.877. The van der Waals surface area contributed by atoms with Gasteiger partial charge in [-0.3, -0.25) is 4.79 Å². The van der Waals surface area contributed by atoms with Crippen LogP contribution in [-0.2, 0) is 16.0 Å². The number of hydrogen-bond donors (Lipinski definition) is 2. The first-order chi connectivity index (χ1) is 9.00. The molecular formula is C14H16N2O3. The Bertz CT molecular complexity index is 618. The molecule has 1 aromatic heterocycles. The Hall–Kier alpha value is -2.30. The van der Waals surface area contributed by atoms with E-state index >= 15 is 0 Å². The second-order valence-corrected chi connectivity index (χ2v) is 4.55. The van der Waals surface area contributed by atoms with Crippen LogP contribution in [-0.4, -0.2) is 40.0 Å². The number of rotatable bonds is 4. The SMILES string of the molecule is CC(=O)N(C)C(Cc1c[nH]c2ccccc12)C(=O)O. The highest BCUT2D eigenvalue weighted by Gasteiger charge is 2.25. The Morgan fingerprint density at radius 1 is 1.37 bits per heavy atom. The second kappa shape index (κ2) is 5.14. The van der Waals surface area contributed by atoms with Crippen molar-refractivity contribution < 1.29 is 14.7 Å². The number of carbonyl (C=O) groups excluding carboxylic acids is 1. The van der Waals surface area contributed by atoms with Gasteiger partial charge < -0.3 is 15.0 Å². The summed E-state index contributed by atoms with van der Waals surface area (Å²) >= 11 is 0. The maximum Gasteiger partial charge on any atom is 0.326 e. The van der Waals surface area contributed by atoms with Crippen molar-refractivity contribution in [3.63, 3.8) is 0 Å². The lowest BCUT2D eigenvalue weighted by atomic mass is 10.0. The predicted molar refractivity (Wildman–Crippen MR) is 71.9 cm³/mol. The summed E-state index contributed by atoms with van der Waals surface area (Å²) in [6.45, 7) is 1.37. The molecule has 5 heteroatoms. The number of carboxylic acid groups (broad SMARTS) is 1. The van der Waals surface area contributed by atoms with Gasteiger partial charge in [-0.05, 0) is 11.6 Å². The zero-order valence-electron chi connectivity index (χ0n) is 10.9. The van der Waals surface area contributed by atoms with Crippen molar-refractivity contribution in [2.24, 2.45) is 0 Å². The molecule has 1 unspecified atom stereocenters. The minimum Gasteiger partial charge on any atom is -0.480 e. The van der Waals surface area contributed by atoms with Crippen molar-refractivity contribution in [3.05, 3.63) is 36.0 Å². The molecule has 2 rings (SSSR count). The standard InChI is InChI=1S/C14H16N2O3/c1-9(17)16(2)13(14(18)19)7-10-8-15-12-6-4-3-5-11(10)12/h3-6,8,13,15H,7H2,1-2H3,(H,18,19). The number of aromatic nitrogens is 1. The number of aliphatic carboxylic acids is 1. The summed E-state index contributed by atoms with van der Waals surface area (Å²) in [5, 5.41) is 10.3. The van der Waals surface area contributed by atoms with E-state index in [0.717, 1.165) is 16.5 Å². The number of H-pyrrole nitrogens is 1. The van der Waals surface area contributed by atoms with Gasteiger partial charge >= 0.3 is 5.97 Å². The molecular weight excluding hydrogens is 244 g/mol. The number of nitrogens with zero attached hydrogens (tertiary/aromatic N) is 1. The largest absolute Gasteiger partial charge is 0.480 e. The molecule has 0 spiro atoms. The van der Waals surface area contributed by atoms with Crippen molar-refractivity contribution in [1.82, 2.24) is 9.88 Å². The molecule has 0 fully saturated rings. The molecule has 0 saturated heterocycles. The summed E-state index contributed by atoms with van der Waals surface area (Å²) in [4.78, 5) is 27.0. The number of nitrogens with one attached hydrogen (secondary N) is 1. The molecule has 1 heterocycles. The van der Waals surface area contributed by atoms with Gasteiger partial charge in [-0.15, -0.1) is 0 Å². The monoisotopic (exact) mass is 260 g/mol. The Morgan fingerprint density at radius 2 is 2.05 bits per heavy atom. The molecule has 19 heavy (non-hydrogen) atoms. The molecule has 0 aliphatic rings. The van der Waals surface area contributed by atoms with Gasteiger partial charge in [0, 0.05) is 37.5 Å². The number of hydrogen-bond acceptors (Lipinski definition) is 2. The van der Waals surface area contributed by atoms with Crippen molar-refractivity contribution in [2.45, 2.75) is 19.4 Å². The van der Waals surface area contributed by atoms with Crippen molar-refractivity contribution in [2.75, 3.05) is 7.05 Å². The van der Waals surface area contributed by atoms with Crippen LogP contribution in [0.5, 0.6) is 0 Å². The maximum absolute atomic E-state index is 11.3. The summed E-state index contributed by atoms with van der Waals surface area (Å²) < 4.78 is 0. The third-order valence-electron chi connectivity index (χ3n) is 3.34. The van der Waals surface area contributed by atoms with E-state index in [1.165, 1.54) is 18.9 Å². The van der Waals surface area contributed by atoms with Gasteiger partial charge in [0.05, 0.1) is 0 Å². The first-order valence-electron chi connectivity index (χ1n) is 6.02. The van der Waals surface area contributed by atoms with Gasteiger partial charge in [0.1, 0.15) is 6.04 Å². The van der Waals surface area contributed by atoms with E-state index in [1.807, 2.05) is 24.3 Å². The van der Waals surface area contributed by atoms with Crippen LogP contribution in [0, 0.1) is 0 Å². The molecule has 0 aliphatic heterocycles. The Morgan fingerprint density at radius 3 is 2.68 bits per heavy atom. The van der Waals surface area contributed by atoms with Gasteiger partial charge in [-0.1, -0.05) is 18.2 Å². The summed E-state index contributed by atoms with van der Waals surface area (Å²) in [7, 11) is 1.51. The van der Waals surface area contributed by atoms with Crippen molar-refractivity contribution in [1.29, 1.82) is 0 Å². The molecule has 1 amide bonds. The molecule has 2 N–H and O–H groups in total. The topological polar surface area (TPSA) is 73.4 Å². The zero-order valence-corrected chi connectivity index (χ0v) is 10.9. The summed E-state index contributed by atoms with van der Waals surface area (Å²) in [6, 6.07) is 6.84. The lowest BCUT2D eigenvalue weighted by molar-refractivity contribution is -0.148. The van der Waals surface area contributed by atoms with E-state index in [-0.39, 0.29) is 12.3 Å². The smallest absolute Gasteiger partial charge is 0.326 e. The third-order valence-corrected chi connectivity index (χ3v) is 3.34. The predicted octanol–water partition coefficient (Wildman–Crippen LogP) is 1.64. The number of fused-ring (bicyclic) bond motifs is 1. The molecule has 100 valence electrons. The average Bonchev–Trinajstić information content (AvgIpc) is 2.78. The number of para-hydroxylation sites is 1. The highest BCUT2D eigenvalue weighted by atomic mass is 16.4. The molecule has 0 bridgehead atoms. The van der Waals surface area contributed by atoms with Gasteiger partial charge in [-0.25, -0.2) is 4.79 Å². The Kier molecular flexibility index (Phi) is 3.55. The molecule has 0 aliphatic carbocycles. The average molecular weight is 260 g/mol.